The van der Waals surface area contributed by atoms with Crippen molar-refractivity contribution in [2.75, 3.05) is 13.1 Å². The van der Waals surface area contributed by atoms with Crippen LogP contribution in [0.15, 0.2) is 34.4 Å². The van der Waals surface area contributed by atoms with Crippen LogP contribution in [0, 0.1) is 0 Å². The van der Waals surface area contributed by atoms with Crippen LogP contribution in [-0.2, 0) is 4.79 Å². The van der Waals surface area contributed by atoms with Gasteiger partial charge in [0.1, 0.15) is 11.7 Å². The van der Waals surface area contributed by atoms with E-state index in [4.69, 9.17) is 0 Å². The lowest BCUT2D eigenvalue weighted by Gasteiger charge is -2.21. The third-order valence-corrected chi connectivity index (χ3v) is 4.63. The van der Waals surface area contributed by atoms with Crippen molar-refractivity contribution in [1.82, 2.24) is 14.7 Å². The third kappa shape index (κ3) is 2.76. The lowest BCUT2D eigenvalue weighted by Crippen LogP contribution is -2.38. The molecule has 110 valence electrons. The molecular formula is C15H17N3O2S. The van der Waals surface area contributed by atoms with Crippen LogP contribution in [0.2, 0.25) is 0 Å². The van der Waals surface area contributed by atoms with E-state index in [-0.39, 0.29) is 11.5 Å². The molecular weight excluding hydrogens is 286 g/mol. The molecule has 6 heteroatoms. The molecule has 5 nitrogen and oxygen atoms in total. The highest BCUT2D eigenvalue weighted by molar-refractivity contribution is 7.13. The van der Waals surface area contributed by atoms with Crippen molar-refractivity contribution >= 4 is 17.2 Å². The molecule has 2 aromatic heterocycles. The van der Waals surface area contributed by atoms with E-state index in [1.54, 1.807) is 24.3 Å². The van der Waals surface area contributed by atoms with E-state index in [1.165, 1.54) is 10.7 Å². The van der Waals surface area contributed by atoms with Gasteiger partial charge < -0.3 is 4.90 Å². The van der Waals surface area contributed by atoms with E-state index in [2.05, 4.69) is 5.10 Å². The standard InChI is InChI=1S/C15H17N3O2S/c1-11(15(20)17-8-2-3-9-17)18-14(19)7-6-12(16-18)13-5-4-10-21-13/h4-7,10-11H,2-3,8-9H2,1H3. The van der Waals surface area contributed by atoms with E-state index in [0.29, 0.717) is 0 Å². The Kier molecular flexibility index (Phi) is 3.88. The Labute approximate surface area is 126 Å². The number of amides is 1. The van der Waals surface area contributed by atoms with Crippen LogP contribution in [0.4, 0.5) is 0 Å². The third-order valence-electron chi connectivity index (χ3n) is 3.74. The first-order chi connectivity index (χ1) is 10.2. The number of likely N-dealkylation sites (tertiary alicyclic amines) is 1. The molecule has 1 aliphatic heterocycles. The van der Waals surface area contributed by atoms with Crippen LogP contribution in [0.25, 0.3) is 10.6 Å². The highest BCUT2D eigenvalue weighted by atomic mass is 32.1. The molecule has 2 aromatic rings. The van der Waals surface area contributed by atoms with Gasteiger partial charge in [0.2, 0.25) is 5.91 Å². The van der Waals surface area contributed by atoms with Gasteiger partial charge in [-0.3, -0.25) is 9.59 Å². The van der Waals surface area contributed by atoms with Crippen molar-refractivity contribution in [1.29, 1.82) is 0 Å². The van der Waals surface area contributed by atoms with Gasteiger partial charge in [0.15, 0.2) is 0 Å². The zero-order valence-electron chi connectivity index (χ0n) is 11.9. The van der Waals surface area contributed by atoms with Crippen molar-refractivity contribution in [2.45, 2.75) is 25.8 Å². The summed E-state index contributed by atoms with van der Waals surface area (Å²) in [5.41, 5.74) is 0.487. The number of aromatic nitrogens is 2. The summed E-state index contributed by atoms with van der Waals surface area (Å²) in [6.07, 6.45) is 2.08. The van der Waals surface area contributed by atoms with E-state index in [0.717, 1.165) is 36.5 Å². The van der Waals surface area contributed by atoms with Gasteiger partial charge in [-0.05, 0) is 37.3 Å². The zero-order valence-corrected chi connectivity index (χ0v) is 12.7. The number of rotatable bonds is 3. The van der Waals surface area contributed by atoms with Crippen molar-refractivity contribution in [2.24, 2.45) is 0 Å². The summed E-state index contributed by atoms with van der Waals surface area (Å²) in [5, 5.41) is 6.34. The summed E-state index contributed by atoms with van der Waals surface area (Å²) in [7, 11) is 0. The lowest BCUT2D eigenvalue weighted by atomic mass is 10.3. The summed E-state index contributed by atoms with van der Waals surface area (Å²) in [6, 6.07) is 6.52. The molecule has 1 amide bonds. The van der Waals surface area contributed by atoms with E-state index < -0.39 is 6.04 Å². The molecule has 1 atom stereocenters. The second kappa shape index (κ2) is 5.81. The summed E-state index contributed by atoms with van der Waals surface area (Å²) in [6.45, 7) is 3.30. The Morgan fingerprint density at radius 3 is 2.71 bits per heavy atom. The maximum atomic E-state index is 12.4. The Bertz CT molecular complexity index is 687. The molecule has 1 aliphatic rings. The highest BCUT2D eigenvalue weighted by Gasteiger charge is 2.25. The van der Waals surface area contributed by atoms with Gasteiger partial charge >= 0.3 is 0 Å². The normalized spacial score (nSPS) is 16.1. The van der Waals surface area contributed by atoms with Gasteiger partial charge in [-0.15, -0.1) is 11.3 Å². The molecule has 1 fully saturated rings. The SMILES string of the molecule is CC(C(=O)N1CCCC1)n1nc(-c2cccs2)ccc1=O. The first-order valence-electron chi connectivity index (χ1n) is 7.09. The van der Waals surface area contributed by atoms with E-state index >= 15 is 0 Å². The smallest absolute Gasteiger partial charge is 0.267 e. The predicted molar refractivity (Wildman–Crippen MR) is 82.3 cm³/mol. The van der Waals surface area contributed by atoms with Crippen LogP contribution in [-0.4, -0.2) is 33.7 Å². The van der Waals surface area contributed by atoms with Crippen molar-refractivity contribution in [3.63, 3.8) is 0 Å². The fourth-order valence-corrected chi connectivity index (χ4v) is 3.26. The summed E-state index contributed by atoms with van der Waals surface area (Å²) in [4.78, 5) is 27.3. The van der Waals surface area contributed by atoms with Crippen LogP contribution >= 0.6 is 11.3 Å². The molecule has 0 saturated carbocycles. The van der Waals surface area contributed by atoms with Gasteiger partial charge in [-0.1, -0.05) is 6.07 Å². The Morgan fingerprint density at radius 2 is 2.05 bits per heavy atom. The number of hydrogen-bond acceptors (Lipinski definition) is 4. The maximum Gasteiger partial charge on any atom is 0.267 e. The molecule has 1 unspecified atom stereocenters. The minimum absolute atomic E-state index is 0.0228. The predicted octanol–water partition coefficient (Wildman–Crippen LogP) is 2.16. The highest BCUT2D eigenvalue weighted by Crippen LogP contribution is 2.22. The molecule has 0 aliphatic carbocycles. The lowest BCUT2D eigenvalue weighted by molar-refractivity contribution is -0.133. The number of hydrogen-bond donors (Lipinski definition) is 0. The molecule has 1 saturated heterocycles. The molecule has 0 spiro atoms. The second-order valence-corrected chi connectivity index (χ2v) is 6.13. The Balaban J connectivity index is 1.91. The monoisotopic (exact) mass is 303 g/mol. The maximum absolute atomic E-state index is 12.4. The Morgan fingerprint density at radius 1 is 1.29 bits per heavy atom. The van der Waals surface area contributed by atoms with E-state index in [1.807, 2.05) is 22.4 Å². The molecule has 21 heavy (non-hydrogen) atoms. The topological polar surface area (TPSA) is 55.2 Å². The average Bonchev–Trinajstić information content (AvgIpc) is 3.19. The van der Waals surface area contributed by atoms with Crippen LogP contribution in [0.3, 0.4) is 0 Å². The summed E-state index contributed by atoms with van der Waals surface area (Å²) >= 11 is 1.56. The Hall–Kier alpha value is -1.95. The van der Waals surface area contributed by atoms with Gasteiger partial charge in [-0.25, -0.2) is 4.68 Å². The van der Waals surface area contributed by atoms with Crippen molar-refractivity contribution < 1.29 is 4.79 Å². The van der Waals surface area contributed by atoms with Crippen LogP contribution in [0.1, 0.15) is 25.8 Å². The molecule has 0 radical (unpaired) electrons. The molecule has 0 bridgehead atoms. The number of carbonyl (C=O) groups excluding carboxylic acids is 1. The van der Waals surface area contributed by atoms with Gasteiger partial charge in [-0.2, -0.15) is 5.10 Å². The molecule has 3 heterocycles. The minimum atomic E-state index is -0.560. The fraction of sp³-hybridized carbons (Fsp3) is 0.400. The van der Waals surface area contributed by atoms with E-state index in [9.17, 15) is 9.59 Å². The first-order valence-corrected chi connectivity index (χ1v) is 7.97. The largest absolute Gasteiger partial charge is 0.341 e. The molecule has 0 aromatic carbocycles. The van der Waals surface area contributed by atoms with Crippen molar-refractivity contribution in [3.05, 3.63) is 40.0 Å². The molecule has 3 rings (SSSR count). The number of carbonyl (C=O) groups is 1. The fourth-order valence-electron chi connectivity index (χ4n) is 2.56. The van der Waals surface area contributed by atoms with Crippen LogP contribution in [0.5, 0.6) is 0 Å². The second-order valence-electron chi connectivity index (χ2n) is 5.19. The van der Waals surface area contributed by atoms with Gasteiger partial charge in [0, 0.05) is 19.2 Å². The average molecular weight is 303 g/mol. The molecule has 0 N–H and O–H groups in total. The van der Waals surface area contributed by atoms with Gasteiger partial charge in [0.25, 0.3) is 5.56 Å². The summed E-state index contributed by atoms with van der Waals surface area (Å²) < 4.78 is 1.30. The first kappa shape index (κ1) is 14.0. The van der Waals surface area contributed by atoms with Crippen molar-refractivity contribution in [3.8, 4) is 10.6 Å². The number of nitrogens with zero attached hydrogens (tertiary/aromatic N) is 3. The van der Waals surface area contributed by atoms with Gasteiger partial charge in [0.05, 0.1) is 4.88 Å². The zero-order chi connectivity index (χ0) is 14.8. The van der Waals surface area contributed by atoms with Crippen LogP contribution < -0.4 is 5.56 Å². The number of thiophene rings is 1. The minimum Gasteiger partial charge on any atom is -0.341 e. The summed E-state index contributed by atoms with van der Waals surface area (Å²) in [5.74, 6) is -0.0228. The quantitative estimate of drug-likeness (QED) is 0.873.